The molecule has 0 spiro atoms. The van der Waals surface area contributed by atoms with E-state index in [1.807, 2.05) is 16.1 Å². The van der Waals surface area contributed by atoms with E-state index in [1.165, 1.54) is 30.6 Å². The summed E-state index contributed by atoms with van der Waals surface area (Å²) < 4.78 is 1.94. The molecule has 0 unspecified atom stereocenters. The first-order valence-electron chi connectivity index (χ1n) is 5.01. The molecule has 0 saturated heterocycles. The second-order valence-corrected chi connectivity index (χ2v) is 4.61. The van der Waals surface area contributed by atoms with Gasteiger partial charge in [0.25, 0.3) is 0 Å². The first kappa shape index (κ1) is 9.65. The minimum absolute atomic E-state index is 0.418. The van der Waals surface area contributed by atoms with Gasteiger partial charge in [0.2, 0.25) is 0 Å². The fraction of sp³-hybridized carbons (Fsp3) is 0.600. The normalized spacial score (nSPS) is 18.3. The molecule has 1 aromatic heterocycles. The second-order valence-electron chi connectivity index (χ2n) is 3.71. The standard InChI is InChI=1S/C10H13NO2S/c12-10(13)9-11(6-7-14-9)8-4-2-1-3-5-8/h6-8H,1-5H2/p+1. The Morgan fingerprint density at radius 2 is 2.14 bits per heavy atom. The van der Waals surface area contributed by atoms with Gasteiger partial charge in [0.05, 0.1) is 5.38 Å². The maximum atomic E-state index is 10.9. The van der Waals surface area contributed by atoms with E-state index >= 15 is 0 Å². The summed E-state index contributed by atoms with van der Waals surface area (Å²) in [6, 6.07) is 0.418. The van der Waals surface area contributed by atoms with Crippen LogP contribution in [0.4, 0.5) is 0 Å². The third-order valence-electron chi connectivity index (χ3n) is 2.79. The largest absolute Gasteiger partial charge is 0.473 e. The monoisotopic (exact) mass is 212 g/mol. The van der Waals surface area contributed by atoms with Crippen molar-refractivity contribution in [2.24, 2.45) is 0 Å². The van der Waals surface area contributed by atoms with E-state index in [1.54, 1.807) is 0 Å². The molecular formula is C10H14NO2S+. The highest BCUT2D eigenvalue weighted by atomic mass is 32.1. The molecule has 1 heterocycles. The van der Waals surface area contributed by atoms with Gasteiger partial charge in [-0.3, -0.25) is 0 Å². The fourth-order valence-electron chi connectivity index (χ4n) is 2.10. The van der Waals surface area contributed by atoms with Crippen LogP contribution in [-0.2, 0) is 0 Å². The van der Waals surface area contributed by atoms with Gasteiger partial charge in [-0.05, 0) is 12.8 Å². The van der Waals surface area contributed by atoms with E-state index in [0.29, 0.717) is 11.0 Å². The first-order valence-corrected chi connectivity index (χ1v) is 5.89. The number of carboxylic acids is 1. The summed E-state index contributed by atoms with van der Waals surface area (Å²) in [6.45, 7) is 0. The summed E-state index contributed by atoms with van der Waals surface area (Å²) >= 11 is 1.31. The minimum Gasteiger partial charge on any atom is -0.473 e. The van der Waals surface area contributed by atoms with Crippen LogP contribution in [0.3, 0.4) is 0 Å². The first-order chi connectivity index (χ1) is 6.79. The predicted molar refractivity (Wildman–Crippen MR) is 53.6 cm³/mol. The smallest absolute Gasteiger partial charge is 0.412 e. The molecule has 0 radical (unpaired) electrons. The lowest BCUT2D eigenvalue weighted by Crippen LogP contribution is -2.43. The lowest BCUT2D eigenvalue weighted by atomic mass is 9.95. The fourth-order valence-corrected chi connectivity index (χ4v) is 2.85. The number of aromatic carboxylic acids is 1. The molecule has 0 bridgehead atoms. The molecule has 4 heteroatoms. The molecule has 1 aliphatic carbocycles. The van der Waals surface area contributed by atoms with Crippen LogP contribution in [0, 0.1) is 0 Å². The summed E-state index contributed by atoms with van der Waals surface area (Å²) in [5.41, 5.74) is 0. The molecule has 1 aliphatic rings. The molecule has 1 fully saturated rings. The molecule has 76 valence electrons. The molecule has 14 heavy (non-hydrogen) atoms. The van der Waals surface area contributed by atoms with Crippen molar-refractivity contribution in [2.45, 2.75) is 38.1 Å². The SMILES string of the molecule is O=C(O)c1scc[n+]1C1CCCCC1. The number of thiazole rings is 1. The van der Waals surface area contributed by atoms with Crippen molar-refractivity contribution < 1.29 is 14.5 Å². The van der Waals surface area contributed by atoms with Gasteiger partial charge in [0, 0.05) is 12.8 Å². The van der Waals surface area contributed by atoms with Crippen LogP contribution in [-0.4, -0.2) is 11.1 Å². The van der Waals surface area contributed by atoms with Crippen LogP contribution >= 0.6 is 11.3 Å². The number of hydrogen-bond donors (Lipinski definition) is 1. The van der Waals surface area contributed by atoms with Crippen molar-refractivity contribution in [3.63, 3.8) is 0 Å². The van der Waals surface area contributed by atoms with Gasteiger partial charge in [0.1, 0.15) is 0 Å². The number of carbonyl (C=O) groups is 1. The molecule has 0 aromatic carbocycles. The van der Waals surface area contributed by atoms with Gasteiger partial charge in [-0.25, -0.2) is 4.79 Å². The Morgan fingerprint density at radius 3 is 2.79 bits per heavy atom. The van der Waals surface area contributed by atoms with Crippen LogP contribution in [0.15, 0.2) is 11.6 Å². The molecule has 0 amide bonds. The van der Waals surface area contributed by atoms with Crippen molar-refractivity contribution in [3.8, 4) is 0 Å². The van der Waals surface area contributed by atoms with E-state index in [2.05, 4.69) is 0 Å². The third kappa shape index (κ3) is 1.80. The number of hydrogen-bond acceptors (Lipinski definition) is 2. The summed E-state index contributed by atoms with van der Waals surface area (Å²) in [5.74, 6) is -0.800. The zero-order chi connectivity index (χ0) is 9.97. The Morgan fingerprint density at radius 1 is 1.43 bits per heavy atom. The summed E-state index contributed by atoms with van der Waals surface area (Å²) in [6.07, 6.45) is 7.91. The van der Waals surface area contributed by atoms with Gasteiger partial charge < -0.3 is 5.11 Å². The lowest BCUT2D eigenvalue weighted by molar-refractivity contribution is -0.723. The van der Waals surface area contributed by atoms with Crippen molar-refractivity contribution in [2.75, 3.05) is 0 Å². The van der Waals surface area contributed by atoms with Gasteiger partial charge in [0.15, 0.2) is 12.2 Å². The topological polar surface area (TPSA) is 41.2 Å². The molecular weight excluding hydrogens is 198 g/mol. The Kier molecular flexibility index (Phi) is 2.82. The Labute approximate surface area is 87.0 Å². The van der Waals surface area contributed by atoms with E-state index in [0.717, 1.165) is 12.8 Å². The summed E-state index contributed by atoms with van der Waals surface area (Å²) in [5, 5.41) is 11.3. The average molecular weight is 212 g/mol. The summed E-state index contributed by atoms with van der Waals surface area (Å²) in [4.78, 5) is 10.9. The average Bonchev–Trinajstić information content (AvgIpc) is 2.67. The quantitative estimate of drug-likeness (QED) is 0.764. The van der Waals surface area contributed by atoms with Gasteiger partial charge in [-0.1, -0.05) is 17.8 Å². The molecule has 1 N–H and O–H groups in total. The highest BCUT2D eigenvalue weighted by molar-refractivity contribution is 7.11. The van der Waals surface area contributed by atoms with Crippen LogP contribution in [0.1, 0.15) is 47.9 Å². The van der Waals surface area contributed by atoms with Gasteiger partial charge >= 0.3 is 11.0 Å². The van der Waals surface area contributed by atoms with Gasteiger partial charge in [-0.15, -0.1) is 0 Å². The Balaban J connectivity index is 2.21. The Bertz CT molecular complexity index is 329. The van der Waals surface area contributed by atoms with Crippen LogP contribution < -0.4 is 4.57 Å². The number of aromatic nitrogens is 1. The Hall–Kier alpha value is -0.900. The zero-order valence-electron chi connectivity index (χ0n) is 7.98. The van der Waals surface area contributed by atoms with Crippen molar-refractivity contribution in [3.05, 3.63) is 16.6 Å². The highest BCUT2D eigenvalue weighted by Gasteiger charge is 2.29. The maximum Gasteiger partial charge on any atom is 0.412 e. The number of rotatable bonds is 2. The highest BCUT2D eigenvalue weighted by Crippen LogP contribution is 2.24. The van der Waals surface area contributed by atoms with Crippen molar-refractivity contribution >= 4 is 17.3 Å². The molecule has 1 aromatic rings. The molecule has 3 nitrogen and oxygen atoms in total. The van der Waals surface area contributed by atoms with E-state index in [-0.39, 0.29) is 0 Å². The van der Waals surface area contributed by atoms with Crippen molar-refractivity contribution in [1.82, 2.24) is 0 Å². The predicted octanol–water partition coefficient (Wildman–Crippen LogP) is 2.24. The van der Waals surface area contributed by atoms with Crippen LogP contribution in [0.2, 0.25) is 0 Å². The third-order valence-corrected chi connectivity index (χ3v) is 3.65. The number of nitrogens with zero attached hydrogens (tertiary/aromatic N) is 1. The summed E-state index contributed by atoms with van der Waals surface area (Å²) in [7, 11) is 0. The molecule has 2 rings (SSSR count). The second kappa shape index (κ2) is 4.09. The minimum atomic E-state index is -0.800. The van der Waals surface area contributed by atoms with Crippen LogP contribution in [0.5, 0.6) is 0 Å². The van der Waals surface area contributed by atoms with Gasteiger partial charge in [-0.2, -0.15) is 4.57 Å². The lowest BCUT2D eigenvalue weighted by Gasteiger charge is -2.16. The van der Waals surface area contributed by atoms with Crippen molar-refractivity contribution in [1.29, 1.82) is 0 Å². The van der Waals surface area contributed by atoms with E-state index < -0.39 is 5.97 Å². The molecule has 0 aliphatic heterocycles. The maximum absolute atomic E-state index is 10.9. The molecule has 1 saturated carbocycles. The molecule has 0 atom stereocenters. The zero-order valence-corrected chi connectivity index (χ0v) is 8.80. The van der Waals surface area contributed by atoms with Crippen LogP contribution in [0.25, 0.3) is 0 Å². The van der Waals surface area contributed by atoms with E-state index in [4.69, 9.17) is 5.11 Å². The van der Waals surface area contributed by atoms with E-state index in [9.17, 15) is 4.79 Å². The number of carboxylic acid groups (broad SMARTS) is 1.